The second-order valence-electron chi connectivity index (χ2n) is 12.5. The highest BCUT2D eigenvalue weighted by Gasteiger charge is 2.66. The van der Waals surface area contributed by atoms with Crippen LogP contribution in [0.3, 0.4) is 0 Å². The van der Waals surface area contributed by atoms with Crippen molar-refractivity contribution < 1.29 is 39.2 Å². The van der Waals surface area contributed by atoms with Gasteiger partial charge in [0, 0.05) is 17.6 Å². The lowest BCUT2D eigenvalue weighted by Crippen LogP contribution is -2.56. The van der Waals surface area contributed by atoms with Gasteiger partial charge in [-0.2, -0.15) is 0 Å². The molecule has 0 saturated heterocycles. The zero-order chi connectivity index (χ0) is 32.9. The molecular formula is C37H42O8. The van der Waals surface area contributed by atoms with E-state index in [-0.39, 0.29) is 40.5 Å². The van der Waals surface area contributed by atoms with Gasteiger partial charge in [-0.05, 0) is 116 Å². The van der Waals surface area contributed by atoms with E-state index >= 15 is 0 Å². The van der Waals surface area contributed by atoms with Gasteiger partial charge in [0.15, 0.2) is 11.4 Å². The molecule has 0 unspecified atom stereocenters. The number of Topliss-reactive ketones (excluding diaryl/α,β-unsaturated/α-hetero) is 1. The first-order chi connectivity index (χ1) is 21.3. The van der Waals surface area contributed by atoms with Crippen LogP contribution in [0.1, 0.15) is 95.5 Å². The summed E-state index contributed by atoms with van der Waals surface area (Å²) in [5.74, 6) is -2.64. The molecular weight excluding hydrogens is 572 g/mol. The Morgan fingerprint density at radius 1 is 0.844 bits per heavy atom. The van der Waals surface area contributed by atoms with Crippen LogP contribution >= 0.6 is 0 Å². The average molecular weight is 615 g/mol. The smallest absolute Gasteiger partial charge is 0.335 e. The number of allylic oxidation sites excluding steroid dienone is 6. The Morgan fingerprint density at radius 2 is 1.51 bits per heavy atom. The van der Waals surface area contributed by atoms with Crippen LogP contribution in [0.5, 0.6) is 23.0 Å². The normalized spacial score (nSPS) is 20.6. The van der Waals surface area contributed by atoms with Gasteiger partial charge in [0.05, 0.1) is 5.56 Å². The number of hydrogen-bond acceptors (Lipinski definition) is 8. The van der Waals surface area contributed by atoms with Crippen molar-refractivity contribution in [3.63, 3.8) is 0 Å². The predicted octanol–water partition coefficient (Wildman–Crippen LogP) is 7.88. The average Bonchev–Trinajstić information content (AvgIpc) is 3.30. The van der Waals surface area contributed by atoms with Gasteiger partial charge in [-0.15, -0.1) is 0 Å². The lowest BCUT2D eigenvalue weighted by atomic mass is 9.61. The lowest BCUT2D eigenvalue weighted by molar-refractivity contribution is -0.180. The van der Waals surface area contributed by atoms with Gasteiger partial charge in [-0.3, -0.25) is 9.59 Å². The number of fused-ring (bicyclic) bond motifs is 2. The highest BCUT2D eigenvalue weighted by Crippen LogP contribution is 2.60. The summed E-state index contributed by atoms with van der Waals surface area (Å²) in [5.41, 5.74) is 0.336. The van der Waals surface area contributed by atoms with Crippen molar-refractivity contribution in [3.05, 3.63) is 94.1 Å². The van der Waals surface area contributed by atoms with E-state index in [9.17, 15) is 29.7 Å². The quantitative estimate of drug-likeness (QED) is 0.0724. The summed E-state index contributed by atoms with van der Waals surface area (Å²) in [7, 11) is 0. The maximum absolute atomic E-state index is 14.2. The first-order valence-corrected chi connectivity index (χ1v) is 15.3. The number of ketones is 1. The second-order valence-corrected chi connectivity index (χ2v) is 12.5. The molecule has 2 heterocycles. The number of ether oxygens (including phenoxy) is 2. The van der Waals surface area contributed by atoms with Gasteiger partial charge < -0.3 is 24.8 Å². The summed E-state index contributed by atoms with van der Waals surface area (Å²) in [4.78, 5) is 41.6. The number of phenolic OH excluding ortho intramolecular Hbond substituents is 3. The number of benzene rings is 2. The monoisotopic (exact) mass is 614 g/mol. The molecule has 2 aromatic carbocycles. The summed E-state index contributed by atoms with van der Waals surface area (Å²) < 4.78 is 12.0. The van der Waals surface area contributed by atoms with E-state index in [0.717, 1.165) is 24.5 Å². The van der Waals surface area contributed by atoms with Crippen LogP contribution in [0.25, 0.3) is 0 Å². The molecule has 0 saturated carbocycles. The highest BCUT2D eigenvalue weighted by molar-refractivity contribution is 6.03. The Hall–Kier alpha value is -4.59. The maximum Gasteiger partial charge on any atom is 0.335 e. The van der Waals surface area contributed by atoms with Crippen LogP contribution in [-0.4, -0.2) is 33.0 Å². The standard InChI is InChI=1S/C37H42O8/c1-23(2)9-6-11-25(5)12-7-13-26-21-37(45-34(26)42)30-20-28(39)15-17-33(30)44-35(43)36(37,18-8-10-24(3)4)22-32(41)29-19-27(38)14-16-31(29)40/h9-10,12,14-17,19-21,38-40H,6-8,11,13,18,22H2,1-5H3/b25-12+/t36-,37+/m0/s1. The Labute approximate surface area is 264 Å². The largest absolute Gasteiger partial charge is 0.508 e. The second kappa shape index (κ2) is 13.6. The van der Waals surface area contributed by atoms with Crippen LogP contribution in [-0.2, 0) is 19.9 Å². The summed E-state index contributed by atoms with van der Waals surface area (Å²) >= 11 is 0. The molecule has 8 nitrogen and oxygen atoms in total. The molecule has 2 aliphatic heterocycles. The summed E-state index contributed by atoms with van der Waals surface area (Å²) in [6, 6.07) is 7.78. The van der Waals surface area contributed by atoms with Crippen LogP contribution < -0.4 is 4.74 Å². The first kappa shape index (κ1) is 33.3. The van der Waals surface area contributed by atoms with Crippen molar-refractivity contribution in [2.45, 2.75) is 85.2 Å². The van der Waals surface area contributed by atoms with Crippen molar-refractivity contribution in [1.29, 1.82) is 0 Å². The molecule has 1 spiro atoms. The number of phenols is 3. The molecule has 0 aromatic heterocycles. The van der Waals surface area contributed by atoms with Crippen molar-refractivity contribution in [3.8, 4) is 23.0 Å². The summed E-state index contributed by atoms with van der Waals surface area (Å²) in [5, 5.41) is 31.1. The fourth-order valence-electron chi connectivity index (χ4n) is 6.06. The Morgan fingerprint density at radius 3 is 2.22 bits per heavy atom. The third-order valence-corrected chi connectivity index (χ3v) is 8.43. The molecule has 2 aliphatic rings. The minimum absolute atomic E-state index is 0.0534. The predicted molar refractivity (Wildman–Crippen MR) is 171 cm³/mol. The van der Waals surface area contributed by atoms with Gasteiger partial charge in [-0.1, -0.05) is 34.9 Å². The van der Waals surface area contributed by atoms with Crippen LogP contribution in [0, 0.1) is 5.41 Å². The molecule has 0 radical (unpaired) electrons. The molecule has 2 aromatic rings. The van der Waals surface area contributed by atoms with Crippen molar-refractivity contribution >= 4 is 17.7 Å². The van der Waals surface area contributed by atoms with Gasteiger partial charge >= 0.3 is 11.9 Å². The Balaban J connectivity index is 1.83. The molecule has 2 atom stereocenters. The molecule has 0 bridgehead atoms. The maximum atomic E-state index is 14.2. The van der Waals surface area contributed by atoms with Crippen LogP contribution in [0.2, 0.25) is 0 Å². The highest BCUT2D eigenvalue weighted by atomic mass is 16.6. The van der Waals surface area contributed by atoms with Crippen molar-refractivity contribution in [2.75, 3.05) is 0 Å². The zero-order valence-electron chi connectivity index (χ0n) is 26.6. The van der Waals surface area contributed by atoms with Crippen molar-refractivity contribution in [1.82, 2.24) is 0 Å². The minimum Gasteiger partial charge on any atom is -0.508 e. The van der Waals surface area contributed by atoms with Crippen molar-refractivity contribution in [2.24, 2.45) is 5.41 Å². The van der Waals surface area contributed by atoms with E-state index in [1.54, 1.807) is 6.08 Å². The van der Waals surface area contributed by atoms with Gasteiger partial charge in [0.2, 0.25) is 0 Å². The number of carbonyl (C=O) groups is 3. The zero-order valence-corrected chi connectivity index (χ0v) is 26.6. The van der Waals surface area contributed by atoms with Gasteiger partial charge in [0.25, 0.3) is 0 Å². The summed E-state index contributed by atoms with van der Waals surface area (Å²) in [6.07, 6.45) is 10.4. The van der Waals surface area contributed by atoms with E-state index in [1.165, 1.54) is 41.5 Å². The lowest BCUT2D eigenvalue weighted by Gasteiger charge is -2.47. The number of carbonyl (C=O) groups excluding carboxylic acids is 3. The number of rotatable bonds is 12. The molecule has 8 heteroatoms. The van der Waals surface area contributed by atoms with Crippen LogP contribution in [0.15, 0.2) is 83.0 Å². The van der Waals surface area contributed by atoms with E-state index in [1.807, 2.05) is 19.9 Å². The molecule has 3 N–H and O–H groups in total. The third-order valence-electron chi connectivity index (χ3n) is 8.43. The SMILES string of the molecule is CC(C)=CCC/C(C)=C/CCC1=C[C@@]2(OC1=O)c1cc(O)ccc1OC(=O)[C@]2(CCC=C(C)C)CC(=O)c1cc(O)ccc1O. The Bertz CT molecular complexity index is 1620. The fraction of sp³-hybridized carbons (Fsp3) is 0.378. The molecule has 45 heavy (non-hydrogen) atoms. The first-order valence-electron chi connectivity index (χ1n) is 15.3. The summed E-state index contributed by atoms with van der Waals surface area (Å²) in [6.45, 7) is 9.99. The Kier molecular flexibility index (Phi) is 10.1. The van der Waals surface area contributed by atoms with E-state index < -0.39 is 35.2 Å². The topological polar surface area (TPSA) is 130 Å². The minimum atomic E-state index is -1.78. The number of aromatic hydroxyl groups is 3. The molecule has 4 rings (SSSR count). The third kappa shape index (κ3) is 7.06. The molecule has 0 fully saturated rings. The number of esters is 2. The molecule has 0 aliphatic carbocycles. The van der Waals surface area contributed by atoms with Gasteiger partial charge in [-0.25, -0.2) is 4.79 Å². The van der Waals surface area contributed by atoms with E-state index in [0.29, 0.717) is 24.8 Å². The molecule has 0 amide bonds. The van der Waals surface area contributed by atoms with Crippen LogP contribution in [0.4, 0.5) is 0 Å². The van der Waals surface area contributed by atoms with Gasteiger partial charge in [0.1, 0.15) is 28.4 Å². The van der Waals surface area contributed by atoms with E-state index in [4.69, 9.17) is 9.47 Å². The number of hydrogen-bond donors (Lipinski definition) is 3. The fourth-order valence-corrected chi connectivity index (χ4v) is 6.06. The molecule has 238 valence electrons. The van der Waals surface area contributed by atoms with E-state index in [2.05, 4.69) is 32.9 Å².